The second-order valence-corrected chi connectivity index (χ2v) is 7.41. The number of phosphoric ester groups is 1. The third-order valence-corrected chi connectivity index (χ3v) is 4.21. The molecule has 19 heavy (non-hydrogen) atoms. The summed E-state index contributed by atoms with van der Waals surface area (Å²) in [6.45, 7) is 12.2. The van der Waals surface area contributed by atoms with Gasteiger partial charge in [0.25, 0.3) is 0 Å². The largest absolute Gasteiger partial charge is 0.475 e. The molecule has 0 aliphatic rings. The normalized spacial score (nSPS) is 12.9. The highest BCUT2D eigenvalue weighted by atomic mass is 31.2. The van der Waals surface area contributed by atoms with Crippen molar-refractivity contribution >= 4 is 7.82 Å². The van der Waals surface area contributed by atoms with Crippen molar-refractivity contribution in [1.29, 1.82) is 0 Å². The summed E-state index contributed by atoms with van der Waals surface area (Å²) in [5, 5.41) is 0. The van der Waals surface area contributed by atoms with Crippen LogP contribution in [0.5, 0.6) is 0 Å². The summed E-state index contributed by atoms with van der Waals surface area (Å²) in [6, 6.07) is 0. The third kappa shape index (κ3) is 11.6. The SMILES string of the molecule is CC(C)CCCCCOP(=O)(OC(C)C)OC(C)C. The van der Waals surface area contributed by atoms with Crippen LogP contribution in [0.25, 0.3) is 0 Å². The van der Waals surface area contributed by atoms with Gasteiger partial charge in [-0.1, -0.05) is 33.1 Å². The first-order valence-electron chi connectivity index (χ1n) is 7.36. The van der Waals surface area contributed by atoms with E-state index in [0.29, 0.717) is 6.61 Å². The molecular formula is C14H31O4P. The summed E-state index contributed by atoms with van der Waals surface area (Å²) in [4.78, 5) is 0. The average molecular weight is 294 g/mol. The first-order valence-corrected chi connectivity index (χ1v) is 8.82. The lowest BCUT2D eigenvalue weighted by Crippen LogP contribution is -2.10. The zero-order chi connectivity index (χ0) is 14.9. The number of rotatable bonds is 11. The smallest absolute Gasteiger partial charge is 0.287 e. The highest BCUT2D eigenvalue weighted by Crippen LogP contribution is 2.51. The van der Waals surface area contributed by atoms with E-state index in [9.17, 15) is 4.57 Å². The summed E-state index contributed by atoms with van der Waals surface area (Å²) in [6.07, 6.45) is 4.03. The molecule has 0 atom stereocenters. The summed E-state index contributed by atoms with van der Waals surface area (Å²) in [5.41, 5.74) is 0. The van der Waals surface area contributed by atoms with E-state index in [1.54, 1.807) is 0 Å². The molecule has 0 unspecified atom stereocenters. The van der Waals surface area contributed by atoms with Gasteiger partial charge in [-0.25, -0.2) is 4.57 Å². The van der Waals surface area contributed by atoms with Crippen molar-refractivity contribution in [3.05, 3.63) is 0 Å². The second-order valence-electron chi connectivity index (χ2n) is 5.83. The molecule has 0 aromatic heterocycles. The molecule has 0 bridgehead atoms. The van der Waals surface area contributed by atoms with E-state index in [1.165, 1.54) is 12.8 Å². The van der Waals surface area contributed by atoms with Gasteiger partial charge in [-0.2, -0.15) is 0 Å². The van der Waals surface area contributed by atoms with Gasteiger partial charge in [0.05, 0.1) is 18.8 Å². The molecule has 0 aliphatic heterocycles. The summed E-state index contributed by atoms with van der Waals surface area (Å²) in [5.74, 6) is 0.737. The van der Waals surface area contributed by atoms with Crippen molar-refractivity contribution in [1.82, 2.24) is 0 Å². The Hall–Kier alpha value is 0.110. The lowest BCUT2D eigenvalue weighted by molar-refractivity contribution is 0.0712. The quantitative estimate of drug-likeness (QED) is 0.389. The maximum atomic E-state index is 12.3. The van der Waals surface area contributed by atoms with Gasteiger partial charge in [-0.3, -0.25) is 13.6 Å². The van der Waals surface area contributed by atoms with Crippen molar-refractivity contribution in [3.63, 3.8) is 0 Å². The topological polar surface area (TPSA) is 44.8 Å². The highest BCUT2D eigenvalue weighted by Gasteiger charge is 2.29. The van der Waals surface area contributed by atoms with Crippen LogP contribution in [0.2, 0.25) is 0 Å². The Bertz CT molecular complexity index is 250. The first-order chi connectivity index (χ1) is 8.75. The van der Waals surface area contributed by atoms with Crippen LogP contribution >= 0.6 is 7.82 Å². The molecule has 0 radical (unpaired) electrons. The van der Waals surface area contributed by atoms with Crippen molar-refractivity contribution < 1.29 is 18.1 Å². The van der Waals surface area contributed by atoms with Crippen LogP contribution in [0.4, 0.5) is 0 Å². The van der Waals surface area contributed by atoms with E-state index in [4.69, 9.17) is 13.6 Å². The molecule has 0 N–H and O–H groups in total. The molecule has 0 saturated carbocycles. The van der Waals surface area contributed by atoms with E-state index >= 15 is 0 Å². The van der Waals surface area contributed by atoms with Crippen molar-refractivity contribution in [2.45, 2.75) is 79.4 Å². The number of hydrogen-bond donors (Lipinski definition) is 0. The minimum Gasteiger partial charge on any atom is -0.287 e. The van der Waals surface area contributed by atoms with Gasteiger partial charge in [-0.15, -0.1) is 0 Å². The van der Waals surface area contributed by atoms with E-state index in [2.05, 4.69) is 13.8 Å². The van der Waals surface area contributed by atoms with E-state index in [1.807, 2.05) is 27.7 Å². The Morgan fingerprint density at radius 1 is 0.842 bits per heavy atom. The Labute approximate surface area is 118 Å². The Balaban J connectivity index is 3.96. The van der Waals surface area contributed by atoms with Crippen molar-refractivity contribution in [3.8, 4) is 0 Å². The predicted molar refractivity (Wildman–Crippen MR) is 79.3 cm³/mol. The fraction of sp³-hybridized carbons (Fsp3) is 1.00. The second kappa shape index (κ2) is 9.93. The molecule has 0 aliphatic carbocycles. The molecule has 0 heterocycles. The molecule has 4 nitrogen and oxygen atoms in total. The predicted octanol–water partition coefficient (Wildman–Crippen LogP) is 5.18. The zero-order valence-electron chi connectivity index (χ0n) is 13.3. The van der Waals surface area contributed by atoms with E-state index in [-0.39, 0.29) is 12.2 Å². The number of phosphoric acid groups is 1. The fourth-order valence-corrected chi connectivity index (χ4v) is 3.17. The first kappa shape index (κ1) is 19.1. The van der Waals surface area contributed by atoms with Crippen LogP contribution in [0, 0.1) is 5.92 Å². The molecule has 116 valence electrons. The number of hydrogen-bond acceptors (Lipinski definition) is 4. The molecule has 0 rings (SSSR count). The van der Waals surface area contributed by atoms with Gasteiger partial charge in [0.1, 0.15) is 0 Å². The molecule has 0 spiro atoms. The van der Waals surface area contributed by atoms with Crippen LogP contribution in [0.3, 0.4) is 0 Å². The van der Waals surface area contributed by atoms with Crippen LogP contribution < -0.4 is 0 Å². The van der Waals surface area contributed by atoms with Crippen LogP contribution in [0.1, 0.15) is 67.2 Å². The molecule has 0 fully saturated rings. The summed E-state index contributed by atoms with van der Waals surface area (Å²) >= 11 is 0. The standard InChI is InChI=1S/C14H31O4P/c1-12(2)10-8-7-9-11-16-19(15,17-13(3)4)18-14(5)6/h12-14H,7-11H2,1-6H3. The van der Waals surface area contributed by atoms with Gasteiger partial charge < -0.3 is 0 Å². The van der Waals surface area contributed by atoms with Crippen LogP contribution in [-0.2, 0) is 18.1 Å². The van der Waals surface area contributed by atoms with Gasteiger partial charge in [0.15, 0.2) is 0 Å². The monoisotopic (exact) mass is 294 g/mol. The van der Waals surface area contributed by atoms with E-state index in [0.717, 1.165) is 18.8 Å². The maximum Gasteiger partial charge on any atom is 0.475 e. The Morgan fingerprint density at radius 3 is 1.79 bits per heavy atom. The van der Waals surface area contributed by atoms with Crippen LogP contribution in [-0.4, -0.2) is 18.8 Å². The molecule has 0 amide bonds. The molecule has 5 heteroatoms. The maximum absolute atomic E-state index is 12.3. The van der Waals surface area contributed by atoms with Crippen LogP contribution in [0.15, 0.2) is 0 Å². The summed E-state index contributed by atoms with van der Waals surface area (Å²) in [7, 11) is -3.40. The highest BCUT2D eigenvalue weighted by molar-refractivity contribution is 7.48. The fourth-order valence-electron chi connectivity index (χ4n) is 1.61. The average Bonchev–Trinajstić information content (AvgIpc) is 2.20. The minimum absolute atomic E-state index is 0.175. The van der Waals surface area contributed by atoms with E-state index < -0.39 is 7.82 Å². The van der Waals surface area contributed by atoms with Gasteiger partial charge >= 0.3 is 7.82 Å². The third-order valence-electron chi connectivity index (χ3n) is 2.36. The molecule has 0 aromatic carbocycles. The van der Waals surface area contributed by atoms with Gasteiger partial charge in [-0.05, 0) is 40.0 Å². The van der Waals surface area contributed by atoms with Gasteiger partial charge in [0, 0.05) is 0 Å². The lowest BCUT2D eigenvalue weighted by atomic mass is 10.1. The Kier molecular flexibility index (Phi) is 9.98. The summed E-state index contributed by atoms with van der Waals surface area (Å²) < 4.78 is 28.3. The molecule has 0 saturated heterocycles. The molecular weight excluding hydrogens is 263 g/mol. The number of unbranched alkanes of at least 4 members (excludes halogenated alkanes) is 2. The minimum atomic E-state index is -3.40. The Morgan fingerprint density at radius 2 is 1.37 bits per heavy atom. The van der Waals surface area contributed by atoms with Crippen molar-refractivity contribution in [2.75, 3.05) is 6.61 Å². The lowest BCUT2D eigenvalue weighted by Gasteiger charge is -2.21. The zero-order valence-corrected chi connectivity index (χ0v) is 14.2. The molecule has 0 aromatic rings. The van der Waals surface area contributed by atoms with Gasteiger partial charge in [0.2, 0.25) is 0 Å². The van der Waals surface area contributed by atoms with Crippen molar-refractivity contribution in [2.24, 2.45) is 5.92 Å².